The Morgan fingerprint density at radius 2 is 1.95 bits per heavy atom. The minimum atomic E-state index is -5.01. The average molecular weight is 350 g/mol. The lowest BCUT2D eigenvalue weighted by Crippen LogP contribution is -2.40. The molecule has 0 saturated carbocycles. The molecule has 10 heteroatoms. The van der Waals surface area contributed by atoms with Crippen molar-refractivity contribution in [3.63, 3.8) is 0 Å². The monoisotopic (exact) mass is 350 g/mol. The van der Waals surface area contributed by atoms with Gasteiger partial charge in [-0.15, -0.1) is 22.7 Å². The number of carbonyl (C=O) groups is 2. The topological polar surface area (TPSA) is 70.5 Å². The number of alkyl halides is 3. The first kappa shape index (κ1) is 16.4. The van der Waals surface area contributed by atoms with Gasteiger partial charge in [-0.2, -0.15) is 13.2 Å². The summed E-state index contributed by atoms with van der Waals surface area (Å²) in [6.45, 7) is -0.309. The Balaban J connectivity index is 2.22. The van der Waals surface area contributed by atoms with Gasteiger partial charge in [0.2, 0.25) is 0 Å². The molecule has 2 aromatic rings. The first-order valence-corrected chi connectivity index (χ1v) is 7.54. The van der Waals surface area contributed by atoms with Crippen molar-refractivity contribution in [3.8, 4) is 0 Å². The van der Waals surface area contributed by atoms with Gasteiger partial charge in [0.05, 0.1) is 13.0 Å². The van der Waals surface area contributed by atoms with Crippen LogP contribution in [0.25, 0.3) is 0 Å². The molecule has 0 atom stereocenters. The van der Waals surface area contributed by atoms with Crippen molar-refractivity contribution in [2.75, 3.05) is 4.90 Å². The van der Waals surface area contributed by atoms with Gasteiger partial charge in [-0.05, 0) is 12.1 Å². The molecule has 1 N–H and O–H groups in total. The predicted molar refractivity (Wildman–Crippen MR) is 75.0 cm³/mol. The molecule has 0 radical (unpaired) electrons. The Morgan fingerprint density at radius 3 is 2.50 bits per heavy atom. The maximum atomic E-state index is 12.7. The number of carboxylic acids is 1. The van der Waals surface area contributed by atoms with Gasteiger partial charge in [0.25, 0.3) is 0 Å². The number of amides is 1. The molecule has 118 valence electrons. The predicted octanol–water partition coefficient (Wildman–Crippen LogP) is 2.93. The van der Waals surface area contributed by atoms with Crippen LogP contribution in [-0.4, -0.2) is 28.1 Å². The van der Waals surface area contributed by atoms with Crippen LogP contribution in [0, 0.1) is 0 Å². The third-order valence-corrected chi connectivity index (χ3v) is 4.36. The zero-order valence-electron chi connectivity index (χ0n) is 10.8. The third-order valence-electron chi connectivity index (χ3n) is 2.49. The average Bonchev–Trinajstić information content (AvgIpc) is 3.04. The lowest BCUT2D eigenvalue weighted by atomic mass is 10.3. The van der Waals surface area contributed by atoms with Crippen LogP contribution in [0.4, 0.5) is 18.3 Å². The molecule has 0 aromatic carbocycles. The molecule has 0 unspecified atom stereocenters. The van der Waals surface area contributed by atoms with Crippen molar-refractivity contribution in [1.29, 1.82) is 0 Å². The van der Waals surface area contributed by atoms with Crippen LogP contribution in [0.2, 0.25) is 0 Å². The molecule has 5 nitrogen and oxygen atoms in total. The molecule has 0 aliphatic heterocycles. The molecule has 0 bridgehead atoms. The van der Waals surface area contributed by atoms with Crippen LogP contribution >= 0.6 is 22.7 Å². The number of thiophene rings is 1. The zero-order chi connectivity index (χ0) is 16.3. The number of aromatic nitrogens is 1. The van der Waals surface area contributed by atoms with E-state index in [1.54, 1.807) is 0 Å². The lowest BCUT2D eigenvalue weighted by Gasteiger charge is -2.20. The highest BCUT2D eigenvalue weighted by molar-refractivity contribution is 7.14. The van der Waals surface area contributed by atoms with Crippen molar-refractivity contribution >= 4 is 39.7 Å². The number of carboxylic acid groups (broad SMARTS) is 1. The van der Waals surface area contributed by atoms with E-state index in [4.69, 9.17) is 5.11 Å². The standard InChI is InChI=1S/C12H9F3N2O3S2/c13-12(14,15)10(20)17(11-16-3-4-21-11)6-8-2-1-7(22-8)5-9(18)19/h1-4H,5-6H2,(H,18,19). The number of nitrogens with zero attached hydrogens (tertiary/aromatic N) is 2. The van der Waals surface area contributed by atoms with Crippen molar-refractivity contribution in [2.24, 2.45) is 0 Å². The van der Waals surface area contributed by atoms with Gasteiger partial charge in [-0.3, -0.25) is 14.5 Å². The zero-order valence-corrected chi connectivity index (χ0v) is 12.5. The largest absolute Gasteiger partial charge is 0.481 e. The summed E-state index contributed by atoms with van der Waals surface area (Å²) in [7, 11) is 0. The Hall–Kier alpha value is -1.94. The smallest absolute Gasteiger partial charge is 0.471 e. The highest BCUT2D eigenvalue weighted by atomic mass is 32.1. The first-order chi connectivity index (χ1) is 10.3. The van der Waals surface area contributed by atoms with E-state index >= 15 is 0 Å². The van der Waals surface area contributed by atoms with Crippen molar-refractivity contribution < 1.29 is 27.9 Å². The third kappa shape index (κ3) is 4.04. The second-order valence-corrected chi connectivity index (χ2v) is 6.27. The summed E-state index contributed by atoms with van der Waals surface area (Å²) in [6, 6.07) is 3.03. The molecule has 1 amide bonds. The van der Waals surface area contributed by atoms with Crippen LogP contribution in [0.1, 0.15) is 9.75 Å². The highest BCUT2D eigenvalue weighted by Crippen LogP contribution is 2.28. The molecule has 2 aromatic heterocycles. The number of halogens is 3. The highest BCUT2D eigenvalue weighted by Gasteiger charge is 2.43. The molecule has 0 fully saturated rings. The van der Waals surface area contributed by atoms with E-state index < -0.39 is 18.1 Å². The second-order valence-electron chi connectivity index (χ2n) is 4.14. The first-order valence-electron chi connectivity index (χ1n) is 5.85. The van der Waals surface area contributed by atoms with Gasteiger partial charge in [-0.1, -0.05) is 0 Å². The van der Waals surface area contributed by atoms with Crippen molar-refractivity contribution in [2.45, 2.75) is 19.1 Å². The van der Waals surface area contributed by atoms with Gasteiger partial charge in [0.1, 0.15) is 0 Å². The molecule has 0 spiro atoms. The lowest BCUT2D eigenvalue weighted by molar-refractivity contribution is -0.170. The van der Waals surface area contributed by atoms with E-state index in [0.717, 1.165) is 22.7 Å². The maximum absolute atomic E-state index is 12.7. The van der Waals surface area contributed by atoms with E-state index in [1.165, 1.54) is 23.7 Å². The number of carbonyl (C=O) groups excluding carboxylic acids is 1. The molecule has 22 heavy (non-hydrogen) atoms. The quantitative estimate of drug-likeness (QED) is 0.900. The Bertz CT molecular complexity index is 667. The van der Waals surface area contributed by atoms with Crippen LogP contribution in [0.15, 0.2) is 23.7 Å². The van der Waals surface area contributed by atoms with Crippen molar-refractivity contribution in [3.05, 3.63) is 33.5 Å². The number of anilines is 1. The Labute approximate surface area is 130 Å². The second kappa shape index (κ2) is 6.44. The summed E-state index contributed by atoms with van der Waals surface area (Å²) in [5.41, 5.74) is 0. The fourth-order valence-electron chi connectivity index (χ4n) is 1.64. The van der Waals surface area contributed by atoms with Crippen LogP contribution < -0.4 is 4.90 Å². The SMILES string of the molecule is O=C(O)Cc1ccc(CN(C(=O)C(F)(F)F)c2nccs2)s1. The molecular formula is C12H9F3N2O3S2. The number of aliphatic carboxylic acids is 1. The molecule has 0 aliphatic rings. The molecule has 0 aliphatic carbocycles. The van der Waals surface area contributed by atoms with Gasteiger partial charge in [0, 0.05) is 21.3 Å². The number of hydrogen-bond acceptors (Lipinski definition) is 5. The fraction of sp³-hybridized carbons (Fsp3) is 0.250. The van der Waals surface area contributed by atoms with Gasteiger partial charge in [0.15, 0.2) is 5.13 Å². The molecule has 0 saturated heterocycles. The minimum Gasteiger partial charge on any atom is -0.481 e. The normalized spacial score (nSPS) is 11.4. The maximum Gasteiger partial charge on any atom is 0.471 e. The van der Waals surface area contributed by atoms with Crippen LogP contribution in [0.5, 0.6) is 0 Å². The summed E-state index contributed by atoms with van der Waals surface area (Å²) in [4.78, 5) is 27.4. The van der Waals surface area contributed by atoms with Crippen LogP contribution in [0.3, 0.4) is 0 Å². The summed E-state index contributed by atoms with van der Waals surface area (Å²) in [6.07, 6.45) is -3.91. The van der Waals surface area contributed by atoms with Gasteiger partial charge >= 0.3 is 18.1 Å². The van der Waals surface area contributed by atoms with E-state index in [-0.39, 0.29) is 18.1 Å². The Kier molecular flexibility index (Phi) is 4.81. The summed E-state index contributed by atoms with van der Waals surface area (Å²) >= 11 is 1.97. The number of thiazole rings is 1. The summed E-state index contributed by atoms with van der Waals surface area (Å²) in [5.74, 6) is -3.04. The van der Waals surface area contributed by atoms with Gasteiger partial charge in [-0.25, -0.2) is 4.98 Å². The van der Waals surface area contributed by atoms with Gasteiger partial charge < -0.3 is 5.11 Å². The Morgan fingerprint density at radius 1 is 1.27 bits per heavy atom. The van der Waals surface area contributed by atoms with E-state index in [0.29, 0.717) is 14.7 Å². The van der Waals surface area contributed by atoms with Crippen LogP contribution in [-0.2, 0) is 22.6 Å². The van der Waals surface area contributed by atoms with E-state index in [2.05, 4.69) is 4.98 Å². The number of rotatable bonds is 5. The molecule has 2 heterocycles. The summed E-state index contributed by atoms with van der Waals surface area (Å²) in [5, 5.41) is 10.1. The fourth-order valence-corrected chi connectivity index (χ4v) is 3.27. The molecular weight excluding hydrogens is 341 g/mol. The molecule has 2 rings (SSSR count). The minimum absolute atomic E-state index is 0.0597. The van der Waals surface area contributed by atoms with Crippen molar-refractivity contribution in [1.82, 2.24) is 4.98 Å². The number of hydrogen-bond donors (Lipinski definition) is 1. The summed E-state index contributed by atoms with van der Waals surface area (Å²) < 4.78 is 38.0. The van der Waals surface area contributed by atoms with E-state index in [1.807, 2.05) is 0 Å². The van der Waals surface area contributed by atoms with E-state index in [9.17, 15) is 22.8 Å².